The smallest absolute Gasteiger partial charge is 0.129 e. The molecule has 1 aromatic rings. The molecule has 0 aliphatic carbocycles. The summed E-state index contributed by atoms with van der Waals surface area (Å²) in [6.45, 7) is 1.95. The Bertz CT molecular complexity index is 338. The molecule has 1 heterocycles. The second-order valence-corrected chi connectivity index (χ2v) is 2.99. The van der Waals surface area contributed by atoms with Crippen molar-refractivity contribution >= 4 is 24.2 Å². The molecule has 0 unspecified atom stereocenters. The van der Waals surface area contributed by atoms with Crippen LogP contribution >= 0.6 is 24.2 Å². The number of rotatable bonds is 0. The zero-order valence-electron chi connectivity index (χ0n) is 6.63. The minimum atomic E-state index is 0.504. The van der Waals surface area contributed by atoms with Crippen molar-refractivity contribution < 1.29 is 0 Å². The molecule has 0 saturated carbocycles. The van der Waals surface area contributed by atoms with Crippen molar-refractivity contribution in [1.82, 2.24) is 4.98 Å². The van der Waals surface area contributed by atoms with Gasteiger partial charge in [0.05, 0.1) is 5.75 Å². The summed E-state index contributed by atoms with van der Waals surface area (Å²) in [5.41, 5.74) is 1.96. The van der Waals surface area contributed by atoms with Crippen molar-refractivity contribution in [2.45, 2.75) is 6.92 Å². The van der Waals surface area contributed by atoms with Crippen LogP contribution in [-0.2, 0) is 0 Å². The number of nitrogens with zero attached hydrogens (tertiary/aromatic N) is 1. The van der Waals surface area contributed by atoms with E-state index in [1.807, 2.05) is 6.92 Å². The number of aromatic nitrogens is 1. The molecule has 0 saturated heterocycles. The lowest BCUT2D eigenvalue weighted by molar-refractivity contribution is 1.27. The first-order valence-corrected chi connectivity index (χ1v) is 4.47. The molecule has 0 radical (unpaired) electrons. The third kappa shape index (κ3) is 2.44. The van der Waals surface area contributed by atoms with Gasteiger partial charge in [0.25, 0.3) is 0 Å². The van der Waals surface area contributed by atoms with E-state index >= 15 is 0 Å². The number of thiol groups is 1. The van der Waals surface area contributed by atoms with Crippen LogP contribution in [0.5, 0.6) is 0 Å². The standard InChI is InChI=1S/C9H8ClNS/c1-7-5-9(10)11-6-8(7)3-2-4-12/h5-6,12H,4H2,1H3. The Morgan fingerprint density at radius 1 is 1.67 bits per heavy atom. The molecule has 0 aliphatic rings. The molecule has 1 nitrogen and oxygen atoms in total. The molecule has 0 N–H and O–H groups in total. The van der Waals surface area contributed by atoms with Crippen LogP contribution in [0.25, 0.3) is 0 Å². The molecular weight excluding hydrogens is 190 g/mol. The second-order valence-electron chi connectivity index (χ2n) is 2.28. The van der Waals surface area contributed by atoms with Gasteiger partial charge < -0.3 is 0 Å². The fourth-order valence-electron chi connectivity index (χ4n) is 0.787. The summed E-state index contributed by atoms with van der Waals surface area (Å²) < 4.78 is 0. The van der Waals surface area contributed by atoms with Crippen LogP contribution in [0.15, 0.2) is 12.3 Å². The molecule has 0 aromatic carbocycles. The van der Waals surface area contributed by atoms with E-state index in [0.717, 1.165) is 11.1 Å². The van der Waals surface area contributed by atoms with Gasteiger partial charge in [0.15, 0.2) is 0 Å². The summed E-state index contributed by atoms with van der Waals surface area (Å²) in [7, 11) is 0. The van der Waals surface area contributed by atoms with E-state index in [2.05, 4.69) is 29.5 Å². The van der Waals surface area contributed by atoms with E-state index in [0.29, 0.717) is 10.9 Å². The average molecular weight is 198 g/mol. The summed E-state index contributed by atoms with van der Waals surface area (Å²) in [5.74, 6) is 6.36. The maximum Gasteiger partial charge on any atom is 0.129 e. The van der Waals surface area contributed by atoms with E-state index in [4.69, 9.17) is 11.6 Å². The predicted molar refractivity (Wildman–Crippen MR) is 54.7 cm³/mol. The van der Waals surface area contributed by atoms with Crippen molar-refractivity contribution in [3.8, 4) is 11.8 Å². The second kappa shape index (κ2) is 4.39. The van der Waals surface area contributed by atoms with Crippen LogP contribution in [-0.4, -0.2) is 10.7 Å². The van der Waals surface area contributed by atoms with Crippen LogP contribution < -0.4 is 0 Å². The largest absolute Gasteiger partial charge is 0.243 e. The quantitative estimate of drug-likeness (QED) is 0.383. The highest BCUT2D eigenvalue weighted by Crippen LogP contribution is 2.10. The molecule has 0 amide bonds. The summed E-state index contributed by atoms with van der Waals surface area (Å²) in [6, 6.07) is 1.80. The molecule has 12 heavy (non-hydrogen) atoms. The average Bonchev–Trinajstić information content (AvgIpc) is 2.03. The number of aryl methyl sites for hydroxylation is 1. The summed E-state index contributed by atoms with van der Waals surface area (Å²) in [6.07, 6.45) is 1.67. The van der Waals surface area contributed by atoms with E-state index in [9.17, 15) is 0 Å². The maximum absolute atomic E-state index is 5.68. The Kier molecular flexibility index (Phi) is 3.46. The number of hydrogen-bond donors (Lipinski definition) is 1. The van der Waals surface area contributed by atoms with Crippen molar-refractivity contribution in [1.29, 1.82) is 0 Å². The highest BCUT2D eigenvalue weighted by Gasteiger charge is 1.95. The van der Waals surface area contributed by atoms with Gasteiger partial charge in [-0.05, 0) is 18.6 Å². The fourth-order valence-corrected chi connectivity index (χ4v) is 1.08. The first-order chi connectivity index (χ1) is 5.74. The Hall–Kier alpha value is -0.650. The van der Waals surface area contributed by atoms with Crippen molar-refractivity contribution in [2.24, 2.45) is 0 Å². The van der Waals surface area contributed by atoms with Gasteiger partial charge in [0.1, 0.15) is 5.15 Å². The molecule has 0 atom stereocenters. The first-order valence-electron chi connectivity index (χ1n) is 3.46. The number of hydrogen-bond acceptors (Lipinski definition) is 2. The molecule has 0 spiro atoms. The minimum Gasteiger partial charge on any atom is -0.243 e. The highest BCUT2D eigenvalue weighted by atomic mass is 35.5. The van der Waals surface area contributed by atoms with Gasteiger partial charge >= 0.3 is 0 Å². The zero-order valence-corrected chi connectivity index (χ0v) is 8.28. The van der Waals surface area contributed by atoms with Crippen LogP contribution in [0.1, 0.15) is 11.1 Å². The third-order valence-corrected chi connectivity index (χ3v) is 1.74. The third-order valence-electron chi connectivity index (χ3n) is 1.38. The Morgan fingerprint density at radius 3 is 3.00 bits per heavy atom. The number of pyridine rings is 1. The molecule has 0 fully saturated rings. The van der Waals surface area contributed by atoms with Crippen LogP contribution in [0.4, 0.5) is 0 Å². The molecule has 0 bridgehead atoms. The van der Waals surface area contributed by atoms with Gasteiger partial charge in [0, 0.05) is 11.8 Å². The molecule has 0 aliphatic heterocycles. The SMILES string of the molecule is Cc1cc(Cl)ncc1C#CCS. The lowest BCUT2D eigenvalue weighted by Crippen LogP contribution is -1.84. The first kappa shape index (κ1) is 9.44. The van der Waals surface area contributed by atoms with Crippen LogP contribution in [0, 0.1) is 18.8 Å². The van der Waals surface area contributed by atoms with Crippen molar-refractivity contribution in [2.75, 3.05) is 5.75 Å². The van der Waals surface area contributed by atoms with E-state index in [1.165, 1.54) is 0 Å². The Balaban J connectivity index is 3.01. The van der Waals surface area contributed by atoms with Gasteiger partial charge in [-0.1, -0.05) is 23.4 Å². The van der Waals surface area contributed by atoms with Gasteiger partial charge in [-0.15, -0.1) is 0 Å². The zero-order chi connectivity index (χ0) is 8.97. The van der Waals surface area contributed by atoms with Gasteiger partial charge in [-0.2, -0.15) is 12.6 Å². The van der Waals surface area contributed by atoms with Crippen LogP contribution in [0.2, 0.25) is 5.15 Å². The van der Waals surface area contributed by atoms with E-state index in [1.54, 1.807) is 12.3 Å². The van der Waals surface area contributed by atoms with Gasteiger partial charge in [0.2, 0.25) is 0 Å². The lowest BCUT2D eigenvalue weighted by atomic mass is 10.2. The van der Waals surface area contributed by atoms with Crippen molar-refractivity contribution in [3.05, 3.63) is 28.5 Å². The van der Waals surface area contributed by atoms with Gasteiger partial charge in [-0.25, -0.2) is 4.98 Å². The molecular formula is C9H8ClNS. The lowest BCUT2D eigenvalue weighted by Gasteiger charge is -1.96. The fraction of sp³-hybridized carbons (Fsp3) is 0.222. The molecule has 1 rings (SSSR count). The normalized spacial score (nSPS) is 8.92. The molecule has 3 heteroatoms. The molecule has 1 aromatic heterocycles. The number of halogens is 1. The summed E-state index contributed by atoms with van der Waals surface area (Å²) in [5, 5.41) is 0.504. The summed E-state index contributed by atoms with van der Waals surface area (Å²) >= 11 is 9.66. The van der Waals surface area contributed by atoms with Crippen molar-refractivity contribution in [3.63, 3.8) is 0 Å². The molecule has 62 valence electrons. The Labute approximate surface area is 82.6 Å². The van der Waals surface area contributed by atoms with Crippen LogP contribution in [0.3, 0.4) is 0 Å². The van der Waals surface area contributed by atoms with E-state index in [-0.39, 0.29) is 0 Å². The predicted octanol–water partition coefficient (Wildman–Crippen LogP) is 2.32. The highest BCUT2D eigenvalue weighted by molar-refractivity contribution is 7.80. The maximum atomic E-state index is 5.68. The van der Waals surface area contributed by atoms with Gasteiger partial charge in [-0.3, -0.25) is 0 Å². The minimum absolute atomic E-state index is 0.504. The summed E-state index contributed by atoms with van der Waals surface area (Å²) in [4.78, 5) is 3.93. The monoisotopic (exact) mass is 197 g/mol. The van der Waals surface area contributed by atoms with E-state index < -0.39 is 0 Å². The Morgan fingerprint density at radius 2 is 2.42 bits per heavy atom. The topological polar surface area (TPSA) is 12.9 Å².